The molecular weight excluding hydrogens is 390 g/mol. The first-order chi connectivity index (χ1) is 14.8. The van der Waals surface area contributed by atoms with Gasteiger partial charge in [0.2, 0.25) is 5.70 Å². The Bertz CT molecular complexity index is 1140. The molecule has 0 aliphatic heterocycles. The molecule has 2 aliphatic carbocycles. The van der Waals surface area contributed by atoms with Crippen LogP contribution in [0.1, 0.15) is 49.5 Å². The molecule has 0 amide bonds. The van der Waals surface area contributed by atoms with Crippen molar-refractivity contribution in [2.24, 2.45) is 11.8 Å². The molecule has 1 heterocycles. The number of hydrogen-bond donors (Lipinski definition) is 0. The lowest BCUT2D eigenvalue weighted by Gasteiger charge is -2.44. The molecule has 6 nitrogen and oxygen atoms in total. The third kappa shape index (κ3) is 3.38. The SMILES string of the molecule is [C-]#[N+]C1=C[C@]2(C)c3nc(C)n(-c4cccc(CCC(=O)OC)c4)c3CC[C@H]2[C@H](C)C1=O. The Morgan fingerprint density at radius 3 is 2.90 bits per heavy atom. The van der Waals surface area contributed by atoms with E-state index in [2.05, 4.69) is 28.5 Å². The highest BCUT2D eigenvalue weighted by molar-refractivity contribution is 6.00. The number of allylic oxidation sites excluding steroid dienone is 2. The van der Waals surface area contributed by atoms with E-state index in [9.17, 15) is 9.59 Å². The number of aromatic nitrogens is 2. The van der Waals surface area contributed by atoms with Crippen molar-refractivity contribution in [1.29, 1.82) is 0 Å². The Kier molecular flexibility index (Phi) is 5.30. The fourth-order valence-corrected chi connectivity index (χ4v) is 5.35. The fraction of sp³-hybridized carbons (Fsp3) is 0.440. The van der Waals surface area contributed by atoms with Crippen LogP contribution in [0.5, 0.6) is 0 Å². The Hall–Kier alpha value is -3.20. The number of rotatable bonds is 4. The summed E-state index contributed by atoms with van der Waals surface area (Å²) in [6, 6.07) is 8.17. The van der Waals surface area contributed by atoms with Gasteiger partial charge in [-0.1, -0.05) is 32.1 Å². The summed E-state index contributed by atoms with van der Waals surface area (Å²) in [5.74, 6) is 0.588. The Labute approximate surface area is 182 Å². The summed E-state index contributed by atoms with van der Waals surface area (Å²) in [7, 11) is 1.40. The first kappa shape index (κ1) is 21.0. The molecular formula is C25H27N3O3. The zero-order chi connectivity index (χ0) is 22.3. The van der Waals surface area contributed by atoms with Crippen molar-refractivity contribution in [1.82, 2.24) is 9.55 Å². The van der Waals surface area contributed by atoms with Crippen LogP contribution in [0.25, 0.3) is 10.5 Å². The number of nitrogens with zero attached hydrogens (tertiary/aromatic N) is 3. The van der Waals surface area contributed by atoms with Crippen molar-refractivity contribution in [2.45, 2.75) is 51.9 Å². The summed E-state index contributed by atoms with van der Waals surface area (Å²) >= 11 is 0. The van der Waals surface area contributed by atoms with Crippen LogP contribution < -0.4 is 0 Å². The molecule has 6 heteroatoms. The number of ketones is 1. The molecule has 4 rings (SSSR count). The van der Waals surface area contributed by atoms with Crippen molar-refractivity contribution in [2.75, 3.05) is 7.11 Å². The lowest BCUT2D eigenvalue weighted by atomic mass is 9.59. The number of esters is 1. The number of benzene rings is 1. The van der Waals surface area contributed by atoms with E-state index in [4.69, 9.17) is 16.3 Å². The Morgan fingerprint density at radius 2 is 2.19 bits per heavy atom. The minimum Gasteiger partial charge on any atom is -0.469 e. The molecule has 1 aromatic heterocycles. The molecule has 2 aliphatic rings. The van der Waals surface area contributed by atoms with Crippen LogP contribution >= 0.6 is 0 Å². The van der Waals surface area contributed by atoms with E-state index in [1.807, 2.05) is 32.1 Å². The number of carbonyl (C=O) groups is 2. The number of hydrogen-bond acceptors (Lipinski definition) is 4. The van der Waals surface area contributed by atoms with Crippen LogP contribution in [0.15, 0.2) is 36.0 Å². The fourth-order valence-electron chi connectivity index (χ4n) is 5.35. The van der Waals surface area contributed by atoms with Gasteiger partial charge in [-0.15, -0.1) is 0 Å². The van der Waals surface area contributed by atoms with E-state index in [0.29, 0.717) is 12.8 Å². The summed E-state index contributed by atoms with van der Waals surface area (Å²) in [6.07, 6.45) is 4.53. The highest BCUT2D eigenvalue weighted by Crippen LogP contribution is 2.50. The number of ether oxygens (including phenoxy) is 1. The van der Waals surface area contributed by atoms with Crippen molar-refractivity contribution in [3.8, 4) is 5.69 Å². The average molecular weight is 418 g/mol. The van der Waals surface area contributed by atoms with Gasteiger partial charge in [-0.3, -0.25) is 4.79 Å². The van der Waals surface area contributed by atoms with Crippen LogP contribution in [0, 0.1) is 25.3 Å². The summed E-state index contributed by atoms with van der Waals surface area (Å²) in [4.78, 5) is 32.6. The number of aryl methyl sites for hydroxylation is 2. The standard InChI is InChI=1S/C25H27N3O3/c1-15-19-10-11-21-24(25(19,3)14-20(26-4)23(15)30)27-16(2)28(21)18-8-6-7-17(13-18)9-12-22(29)31-5/h6-8,13-15,19H,9-12H2,1-3,5H3/t15-,19-,25-/m0/s1. The molecule has 0 saturated carbocycles. The highest BCUT2D eigenvalue weighted by atomic mass is 16.5. The lowest BCUT2D eigenvalue weighted by Crippen LogP contribution is -2.45. The number of methoxy groups -OCH3 is 1. The second kappa shape index (κ2) is 7.81. The third-order valence-corrected chi connectivity index (χ3v) is 6.95. The second-order valence-corrected chi connectivity index (χ2v) is 8.76. The second-order valence-electron chi connectivity index (χ2n) is 8.76. The van der Waals surface area contributed by atoms with Gasteiger partial charge in [0.05, 0.1) is 19.4 Å². The molecule has 0 fully saturated rings. The lowest BCUT2D eigenvalue weighted by molar-refractivity contribution is -0.140. The normalized spacial score (nSPS) is 24.6. The molecule has 160 valence electrons. The monoisotopic (exact) mass is 417 g/mol. The number of fused-ring (bicyclic) bond motifs is 3. The summed E-state index contributed by atoms with van der Waals surface area (Å²) < 4.78 is 6.94. The van der Waals surface area contributed by atoms with Gasteiger partial charge in [-0.25, -0.2) is 9.83 Å². The first-order valence-electron chi connectivity index (χ1n) is 10.7. The first-order valence-corrected chi connectivity index (χ1v) is 10.7. The van der Waals surface area contributed by atoms with Crippen LogP contribution in [0.4, 0.5) is 0 Å². The minimum atomic E-state index is -0.431. The number of Topliss-reactive ketones (excluding diaryl/α,β-unsaturated/α-hetero) is 1. The molecule has 0 N–H and O–H groups in total. The van der Waals surface area contributed by atoms with E-state index in [0.717, 1.165) is 41.3 Å². The van der Waals surface area contributed by atoms with E-state index >= 15 is 0 Å². The molecule has 0 radical (unpaired) electrons. The summed E-state index contributed by atoms with van der Waals surface area (Å²) in [6.45, 7) is 13.5. The molecule has 0 spiro atoms. The molecule has 31 heavy (non-hydrogen) atoms. The van der Waals surface area contributed by atoms with Gasteiger partial charge in [0.15, 0.2) is 5.78 Å². The summed E-state index contributed by atoms with van der Waals surface area (Å²) in [5.41, 5.74) is 4.00. The smallest absolute Gasteiger partial charge is 0.305 e. The van der Waals surface area contributed by atoms with E-state index in [-0.39, 0.29) is 29.3 Å². The van der Waals surface area contributed by atoms with Crippen molar-refractivity contribution >= 4 is 11.8 Å². The van der Waals surface area contributed by atoms with E-state index < -0.39 is 5.41 Å². The quantitative estimate of drug-likeness (QED) is 0.554. The largest absolute Gasteiger partial charge is 0.469 e. The van der Waals surface area contributed by atoms with Crippen LogP contribution in [-0.2, 0) is 32.6 Å². The molecule has 0 unspecified atom stereocenters. The van der Waals surface area contributed by atoms with Gasteiger partial charge < -0.3 is 14.1 Å². The van der Waals surface area contributed by atoms with Crippen LogP contribution in [0.2, 0.25) is 0 Å². The molecule has 0 saturated heterocycles. The third-order valence-electron chi connectivity index (χ3n) is 6.95. The average Bonchev–Trinajstić information content (AvgIpc) is 3.12. The molecule has 1 aromatic carbocycles. The van der Waals surface area contributed by atoms with Crippen LogP contribution in [0.3, 0.4) is 0 Å². The molecule has 0 bridgehead atoms. The van der Waals surface area contributed by atoms with Gasteiger partial charge >= 0.3 is 5.97 Å². The number of carbonyl (C=O) groups excluding carboxylic acids is 2. The van der Waals surface area contributed by atoms with Crippen molar-refractivity contribution in [3.05, 3.63) is 70.2 Å². The van der Waals surface area contributed by atoms with Gasteiger partial charge in [0.1, 0.15) is 5.82 Å². The van der Waals surface area contributed by atoms with Gasteiger partial charge in [-0.2, -0.15) is 0 Å². The molecule has 2 aromatic rings. The predicted octanol–water partition coefficient (Wildman–Crippen LogP) is 4.13. The zero-order valence-corrected chi connectivity index (χ0v) is 18.4. The maximum absolute atomic E-state index is 12.6. The highest BCUT2D eigenvalue weighted by Gasteiger charge is 2.49. The van der Waals surface area contributed by atoms with Crippen molar-refractivity contribution < 1.29 is 14.3 Å². The molecule has 3 atom stereocenters. The summed E-state index contributed by atoms with van der Waals surface area (Å²) in [5, 5.41) is 0. The topological polar surface area (TPSA) is 65.6 Å². The van der Waals surface area contributed by atoms with Gasteiger partial charge in [0, 0.05) is 29.1 Å². The Balaban J connectivity index is 1.77. The zero-order valence-electron chi connectivity index (χ0n) is 18.4. The van der Waals surface area contributed by atoms with Gasteiger partial charge in [-0.05, 0) is 49.8 Å². The van der Waals surface area contributed by atoms with Gasteiger partial charge in [0.25, 0.3) is 0 Å². The Morgan fingerprint density at radius 1 is 1.42 bits per heavy atom. The maximum Gasteiger partial charge on any atom is 0.305 e. The van der Waals surface area contributed by atoms with Crippen molar-refractivity contribution in [3.63, 3.8) is 0 Å². The van der Waals surface area contributed by atoms with E-state index in [1.54, 1.807) is 0 Å². The maximum atomic E-state index is 12.6. The van der Waals surface area contributed by atoms with E-state index in [1.165, 1.54) is 7.11 Å². The number of imidazole rings is 1. The predicted molar refractivity (Wildman–Crippen MR) is 117 cm³/mol. The minimum absolute atomic E-state index is 0.0459. The van der Waals surface area contributed by atoms with Crippen LogP contribution in [-0.4, -0.2) is 28.4 Å².